The molecular formula is C16H27N3O3. The van der Waals surface area contributed by atoms with Crippen LogP contribution in [0, 0.1) is 0 Å². The van der Waals surface area contributed by atoms with Crippen LogP contribution in [-0.4, -0.2) is 39.4 Å². The van der Waals surface area contributed by atoms with Crippen LogP contribution >= 0.6 is 0 Å². The van der Waals surface area contributed by atoms with Crippen molar-refractivity contribution in [2.45, 2.75) is 26.8 Å². The summed E-state index contributed by atoms with van der Waals surface area (Å²) < 4.78 is 16.1. The van der Waals surface area contributed by atoms with Crippen molar-refractivity contribution in [2.24, 2.45) is 10.7 Å². The van der Waals surface area contributed by atoms with E-state index in [1.807, 2.05) is 32.0 Å². The van der Waals surface area contributed by atoms with Crippen LogP contribution in [0.25, 0.3) is 0 Å². The van der Waals surface area contributed by atoms with E-state index < -0.39 is 0 Å². The molecule has 1 aromatic rings. The molecule has 0 radical (unpaired) electrons. The SMILES string of the molecule is CCOCCCNC(N)=NCc1ccc(OCC)c(OC)c1. The number of rotatable bonds is 10. The Kier molecular flexibility index (Phi) is 8.83. The Morgan fingerprint density at radius 2 is 2.05 bits per heavy atom. The van der Waals surface area contributed by atoms with Crippen LogP contribution in [0.4, 0.5) is 0 Å². The van der Waals surface area contributed by atoms with Gasteiger partial charge < -0.3 is 25.3 Å². The topological polar surface area (TPSA) is 78.1 Å². The monoisotopic (exact) mass is 309 g/mol. The summed E-state index contributed by atoms with van der Waals surface area (Å²) in [6.07, 6.45) is 0.904. The maximum atomic E-state index is 5.83. The van der Waals surface area contributed by atoms with Gasteiger partial charge in [0.2, 0.25) is 0 Å². The maximum Gasteiger partial charge on any atom is 0.188 e. The van der Waals surface area contributed by atoms with Gasteiger partial charge in [-0.2, -0.15) is 0 Å². The molecule has 124 valence electrons. The second-order valence-corrected chi connectivity index (χ2v) is 4.60. The standard InChI is InChI=1S/C16H27N3O3/c1-4-21-10-6-9-18-16(17)19-12-13-7-8-14(22-5-2)15(11-13)20-3/h7-8,11H,4-6,9-10,12H2,1-3H3,(H3,17,18,19). The van der Waals surface area contributed by atoms with E-state index in [1.165, 1.54) is 0 Å². The van der Waals surface area contributed by atoms with Gasteiger partial charge in [0, 0.05) is 19.8 Å². The highest BCUT2D eigenvalue weighted by Crippen LogP contribution is 2.28. The van der Waals surface area contributed by atoms with Gasteiger partial charge in [-0.25, -0.2) is 4.99 Å². The second-order valence-electron chi connectivity index (χ2n) is 4.60. The second kappa shape index (κ2) is 10.7. The normalized spacial score (nSPS) is 11.3. The van der Waals surface area contributed by atoms with Crippen LogP contribution in [0.1, 0.15) is 25.8 Å². The van der Waals surface area contributed by atoms with E-state index in [0.29, 0.717) is 24.9 Å². The van der Waals surface area contributed by atoms with Crippen molar-refractivity contribution in [3.8, 4) is 11.5 Å². The lowest BCUT2D eigenvalue weighted by Gasteiger charge is -2.10. The molecule has 0 unspecified atom stereocenters. The van der Waals surface area contributed by atoms with E-state index in [2.05, 4.69) is 10.3 Å². The minimum absolute atomic E-state index is 0.435. The van der Waals surface area contributed by atoms with Crippen LogP contribution < -0.4 is 20.5 Å². The first-order valence-electron chi connectivity index (χ1n) is 7.62. The van der Waals surface area contributed by atoms with Crippen molar-refractivity contribution < 1.29 is 14.2 Å². The average Bonchev–Trinajstić information content (AvgIpc) is 2.54. The van der Waals surface area contributed by atoms with Gasteiger partial charge in [-0.05, 0) is 38.0 Å². The van der Waals surface area contributed by atoms with E-state index in [9.17, 15) is 0 Å². The highest BCUT2D eigenvalue weighted by molar-refractivity contribution is 5.77. The third kappa shape index (κ3) is 6.67. The number of nitrogens with two attached hydrogens (primary N) is 1. The Morgan fingerprint density at radius 3 is 2.73 bits per heavy atom. The minimum atomic E-state index is 0.435. The molecule has 0 atom stereocenters. The van der Waals surface area contributed by atoms with Crippen molar-refractivity contribution in [1.82, 2.24) is 5.32 Å². The zero-order valence-corrected chi connectivity index (χ0v) is 13.7. The lowest BCUT2D eigenvalue weighted by Crippen LogP contribution is -2.32. The molecule has 1 aromatic carbocycles. The Morgan fingerprint density at radius 1 is 1.23 bits per heavy atom. The Bertz CT molecular complexity index is 464. The number of guanidine groups is 1. The zero-order valence-electron chi connectivity index (χ0n) is 13.7. The molecular weight excluding hydrogens is 282 g/mol. The van der Waals surface area contributed by atoms with Crippen LogP contribution in [0.2, 0.25) is 0 Å². The molecule has 3 N–H and O–H groups in total. The molecule has 0 aliphatic heterocycles. The molecule has 0 spiro atoms. The lowest BCUT2D eigenvalue weighted by molar-refractivity contribution is 0.145. The van der Waals surface area contributed by atoms with Gasteiger partial charge in [0.15, 0.2) is 17.5 Å². The first-order chi connectivity index (χ1) is 10.7. The molecule has 0 saturated heterocycles. The molecule has 0 amide bonds. The third-order valence-electron chi connectivity index (χ3n) is 2.94. The summed E-state index contributed by atoms with van der Waals surface area (Å²) >= 11 is 0. The average molecular weight is 309 g/mol. The number of hydrogen-bond acceptors (Lipinski definition) is 4. The number of methoxy groups -OCH3 is 1. The van der Waals surface area contributed by atoms with E-state index >= 15 is 0 Å². The molecule has 0 aliphatic rings. The van der Waals surface area contributed by atoms with Gasteiger partial charge in [0.1, 0.15) is 0 Å². The Balaban J connectivity index is 2.47. The van der Waals surface area contributed by atoms with Crippen LogP contribution in [0.3, 0.4) is 0 Å². The molecule has 0 heterocycles. The summed E-state index contributed by atoms with van der Waals surface area (Å²) in [6, 6.07) is 5.76. The fourth-order valence-corrected chi connectivity index (χ4v) is 1.85. The van der Waals surface area contributed by atoms with Crippen molar-refractivity contribution in [3.63, 3.8) is 0 Å². The predicted octanol–water partition coefficient (Wildman–Crippen LogP) is 1.92. The highest BCUT2D eigenvalue weighted by Gasteiger charge is 2.05. The van der Waals surface area contributed by atoms with Crippen LogP contribution in [0.5, 0.6) is 11.5 Å². The molecule has 1 rings (SSSR count). The summed E-state index contributed by atoms with van der Waals surface area (Å²) in [5.41, 5.74) is 6.84. The number of benzene rings is 1. The number of nitrogens with zero attached hydrogens (tertiary/aromatic N) is 1. The van der Waals surface area contributed by atoms with Crippen molar-refractivity contribution >= 4 is 5.96 Å². The molecule has 0 bridgehead atoms. The lowest BCUT2D eigenvalue weighted by atomic mass is 10.2. The first-order valence-corrected chi connectivity index (χ1v) is 7.62. The summed E-state index contributed by atoms with van der Waals surface area (Å²) in [4.78, 5) is 4.31. The van der Waals surface area contributed by atoms with Crippen LogP contribution in [0.15, 0.2) is 23.2 Å². The molecule has 0 fully saturated rings. The molecule has 0 aromatic heterocycles. The van der Waals surface area contributed by atoms with Gasteiger partial charge in [0.05, 0.1) is 20.3 Å². The largest absolute Gasteiger partial charge is 0.493 e. The zero-order chi connectivity index (χ0) is 16.2. The quantitative estimate of drug-likeness (QED) is 0.392. The highest BCUT2D eigenvalue weighted by atomic mass is 16.5. The van der Waals surface area contributed by atoms with Crippen molar-refractivity contribution in [1.29, 1.82) is 0 Å². The smallest absolute Gasteiger partial charge is 0.188 e. The fraction of sp³-hybridized carbons (Fsp3) is 0.562. The molecule has 6 heteroatoms. The van der Waals surface area contributed by atoms with Gasteiger partial charge in [-0.3, -0.25) is 0 Å². The molecule has 22 heavy (non-hydrogen) atoms. The van der Waals surface area contributed by atoms with Gasteiger partial charge >= 0.3 is 0 Å². The molecule has 0 aliphatic carbocycles. The van der Waals surface area contributed by atoms with Crippen LogP contribution in [-0.2, 0) is 11.3 Å². The third-order valence-corrected chi connectivity index (χ3v) is 2.94. The molecule has 0 saturated carbocycles. The minimum Gasteiger partial charge on any atom is -0.493 e. The Labute approximate surface area is 132 Å². The van der Waals surface area contributed by atoms with E-state index in [-0.39, 0.29) is 0 Å². The first kappa shape index (κ1) is 18.1. The number of nitrogens with one attached hydrogen (secondary N) is 1. The Hall–Kier alpha value is -1.95. The summed E-state index contributed by atoms with van der Waals surface area (Å²) in [6.45, 7) is 7.24. The number of hydrogen-bond donors (Lipinski definition) is 2. The van der Waals surface area contributed by atoms with Crippen molar-refractivity contribution in [2.75, 3.05) is 33.5 Å². The van der Waals surface area contributed by atoms with Gasteiger partial charge in [0.25, 0.3) is 0 Å². The van der Waals surface area contributed by atoms with E-state index in [1.54, 1.807) is 7.11 Å². The number of aliphatic imine (C=N–C) groups is 1. The summed E-state index contributed by atoms with van der Waals surface area (Å²) in [5.74, 6) is 1.88. The summed E-state index contributed by atoms with van der Waals surface area (Å²) in [7, 11) is 1.62. The fourth-order valence-electron chi connectivity index (χ4n) is 1.85. The molecule has 6 nitrogen and oxygen atoms in total. The predicted molar refractivity (Wildman–Crippen MR) is 88.6 cm³/mol. The maximum absolute atomic E-state index is 5.83. The van der Waals surface area contributed by atoms with Gasteiger partial charge in [-0.1, -0.05) is 6.07 Å². The number of ether oxygens (including phenoxy) is 3. The van der Waals surface area contributed by atoms with E-state index in [4.69, 9.17) is 19.9 Å². The summed E-state index contributed by atoms with van der Waals surface area (Å²) in [5, 5.41) is 3.06. The van der Waals surface area contributed by atoms with Gasteiger partial charge in [-0.15, -0.1) is 0 Å². The van der Waals surface area contributed by atoms with E-state index in [0.717, 1.165) is 37.5 Å². The van der Waals surface area contributed by atoms with Crippen molar-refractivity contribution in [3.05, 3.63) is 23.8 Å².